The van der Waals surface area contributed by atoms with E-state index in [0.717, 1.165) is 5.56 Å². The maximum atomic E-state index is 13.7. The highest BCUT2D eigenvalue weighted by molar-refractivity contribution is 6.30. The molecule has 1 atom stereocenters. The van der Waals surface area contributed by atoms with E-state index in [1.807, 2.05) is 0 Å². The number of rotatable bonds is 5. The van der Waals surface area contributed by atoms with Gasteiger partial charge in [0.1, 0.15) is 5.75 Å². The van der Waals surface area contributed by atoms with Crippen molar-refractivity contribution in [1.82, 2.24) is 4.98 Å². The molecule has 0 aliphatic heterocycles. The molecule has 2 aromatic rings. The average molecular weight is 297 g/mol. The van der Waals surface area contributed by atoms with Gasteiger partial charge in [0, 0.05) is 6.20 Å². The van der Waals surface area contributed by atoms with Gasteiger partial charge in [0.15, 0.2) is 11.6 Å². The average Bonchev–Trinajstić information content (AvgIpc) is 2.47. The highest BCUT2D eigenvalue weighted by atomic mass is 35.5. The second kappa shape index (κ2) is 6.54. The van der Waals surface area contributed by atoms with Crippen LogP contribution in [-0.2, 0) is 0 Å². The van der Waals surface area contributed by atoms with Crippen LogP contribution in [-0.4, -0.2) is 23.8 Å². The van der Waals surface area contributed by atoms with Crippen molar-refractivity contribution in [2.45, 2.75) is 6.04 Å². The van der Waals surface area contributed by atoms with Crippen LogP contribution in [0, 0.1) is 5.82 Å². The van der Waals surface area contributed by atoms with Gasteiger partial charge in [-0.15, -0.1) is 0 Å². The summed E-state index contributed by atoms with van der Waals surface area (Å²) >= 11 is 5.64. The van der Waals surface area contributed by atoms with Gasteiger partial charge < -0.3 is 15.2 Å². The van der Waals surface area contributed by atoms with Gasteiger partial charge in [-0.05, 0) is 23.8 Å². The molecule has 0 fully saturated rings. The van der Waals surface area contributed by atoms with Crippen LogP contribution < -0.4 is 10.1 Å². The van der Waals surface area contributed by atoms with E-state index in [0.29, 0.717) is 5.75 Å². The summed E-state index contributed by atoms with van der Waals surface area (Å²) in [7, 11) is 1.57. The number of halogens is 2. The van der Waals surface area contributed by atoms with Crippen molar-refractivity contribution in [2.24, 2.45) is 0 Å². The fourth-order valence-corrected chi connectivity index (χ4v) is 1.90. The van der Waals surface area contributed by atoms with E-state index in [4.69, 9.17) is 16.3 Å². The van der Waals surface area contributed by atoms with E-state index in [1.165, 1.54) is 12.3 Å². The van der Waals surface area contributed by atoms with E-state index >= 15 is 0 Å². The van der Waals surface area contributed by atoms with Gasteiger partial charge in [0.05, 0.1) is 24.8 Å². The number of hydrogen-bond donors (Lipinski definition) is 2. The molecule has 1 aromatic heterocycles. The molecule has 2 rings (SSSR count). The van der Waals surface area contributed by atoms with E-state index in [9.17, 15) is 9.50 Å². The van der Waals surface area contributed by atoms with Gasteiger partial charge in [-0.2, -0.15) is 0 Å². The number of nitrogens with one attached hydrogen (secondary N) is 1. The second-order valence-electron chi connectivity index (χ2n) is 4.14. The van der Waals surface area contributed by atoms with Crippen molar-refractivity contribution in [3.63, 3.8) is 0 Å². The summed E-state index contributed by atoms with van der Waals surface area (Å²) in [6, 6.07) is 7.82. The molecule has 0 spiro atoms. The van der Waals surface area contributed by atoms with E-state index < -0.39 is 11.9 Å². The first kappa shape index (κ1) is 14.6. The number of pyridine rings is 1. The highest BCUT2D eigenvalue weighted by Crippen LogP contribution is 2.23. The number of benzene rings is 1. The molecule has 1 heterocycles. The first-order valence-electron chi connectivity index (χ1n) is 5.96. The Kier molecular flexibility index (Phi) is 4.76. The summed E-state index contributed by atoms with van der Waals surface area (Å²) in [4.78, 5) is 3.87. The van der Waals surface area contributed by atoms with Gasteiger partial charge in [-0.3, -0.25) is 0 Å². The number of aliphatic hydroxyl groups excluding tert-OH is 1. The monoisotopic (exact) mass is 296 g/mol. The summed E-state index contributed by atoms with van der Waals surface area (Å²) in [5.74, 6) is 0.190. The third-order valence-electron chi connectivity index (χ3n) is 2.82. The first-order valence-corrected chi connectivity index (χ1v) is 6.34. The lowest BCUT2D eigenvalue weighted by Gasteiger charge is -2.18. The minimum atomic E-state index is -0.565. The lowest BCUT2D eigenvalue weighted by Crippen LogP contribution is -2.16. The van der Waals surface area contributed by atoms with Crippen molar-refractivity contribution in [3.05, 3.63) is 52.9 Å². The van der Waals surface area contributed by atoms with Crippen LogP contribution in [0.5, 0.6) is 5.75 Å². The number of nitrogens with zero attached hydrogens (tertiary/aromatic N) is 1. The first-order chi connectivity index (χ1) is 9.63. The summed E-state index contributed by atoms with van der Waals surface area (Å²) in [6.07, 6.45) is 1.34. The third-order valence-corrected chi connectivity index (χ3v) is 3.03. The molecule has 0 bridgehead atoms. The van der Waals surface area contributed by atoms with Crippen molar-refractivity contribution in [1.29, 1.82) is 0 Å². The molecule has 0 radical (unpaired) electrons. The van der Waals surface area contributed by atoms with Crippen molar-refractivity contribution in [3.8, 4) is 5.75 Å². The molecule has 0 aliphatic carbocycles. The van der Waals surface area contributed by atoms with Crippen LogP contribution in [0.2, 0.25) is 5.02 Å². The molecule has 1 aromatic carbocycles. The zero-order valence-corrected chi connectivity index (χ0v) is 11.6. The van der Waals surface area contributed by atoms with Gasteiger partial charge in [0.25, 0.3) is 0 Å². The maximum Gasteiger partial charge on any atom is 0.166 e. The van der Waals surface area contributed by atoms with Crippen molar-refractivity contribution < 1.29 is 14.2 Å². The van der Waals surface area contributed by atoms with Gasteiger partial charge >= 0.3 is 0 Å². The molecule has 106 valence electrons. The van der Waals surface area contributed by atoms with Crippen LogP contribution in [0.4, 0.5) is 10.2 Å². The topological polar surface area (TPSA) is 54.4 Å². The van der Waals surface area contributed by atoms with Gasteiger partial charge in [-0.25, -0.2) is 9.37 Å². The Morgan fingerprint density at radius 1 is 1.40 bits per heavy atom. The zero-order valence-electron chi connectivity index (χ0n) is 10.8. The normalized spacial score (nSPS) is 12.0. The Hall–Kier alpha value is -1.85. The SMILES string of the molecule is COc1ccc(C(CO)Nc2ncc(Cl)cc2F)cc1. The Morgan fingerprint density at radius 3 is 2.65 bits per heavy atom. The molecule has 0 aliphatic rings. The van der Waals surface area contributed by atoms with Gasteiger partial charge in [-0.1, -0.05) is 23.7 Å². The quantitative estimate of drug-likeness (QED) is 0.890. The minimum Gasteiger partial charge on any atom is -0.497 e. The summed E-state index contributed by atoms with van der Waals surface area (Å²) in [5, 5.41) is 12.5. The lowest BCUT2D eigenvalue weighted by molar-refractivity contribution is 0.275. The summed E-state index contributed by atoms with van der Waals surface area (Å²) < 4.78 is 18.7. The number of aliphatic hydroxyl groups is 1. The van der Waals surface area contributed by atoms with E-state index in [-0.39, 0.29) is 17.4 Å². The molecule has 0 amide bonds. The van der Waals surface area contributed by atoms with E-state index in [2.05, 4.69) is 10.3 Å². The zero-order chi connectivity index (χ0) is 14.5. The number of aromatic nitrogens is 1. The Morgan fingerprint density at radius 2 is 2.10 bits per heavy atom. The van der Waals surface area contributed by atoms with E-state index in [1.54, 1.807) is 31.4 Å². The minimum absolute atomic E-state index is 0.0456. The van der Waals surface area contributed by atoms with Crippen molar-refractivity contribution in [2.75, 3.05) is 19.0 Å². The third kappa shape index (κ3) is 3.37. The molecular weight excluding hydrogens is 283 g/mol. The van der Waals surface area contributed by atoms with Crippen LogP contribution in [0.25, 0.3) is 0 Å². The maximum absolute atomic E-state index is 13.7. The van der Waals surface area contributed by atoms with Crippen molar-refractivity contribution >= 4 is 17.4 Å². The summed E-state index contributed by atoms with van der Waals surface area (Å²) in [5.41, 5.74) is 0.796. The predicted molar refractivity (Wildman–Crippen MR) is 75.6 cm³/mol. The van der Waals surface area contributed by atoms with Crippen LogP contribution in [0.1, 0.15) is 11.6 Å². The molecular formula is C14H14ClFN2O2. The fourth-order valence-electron chi connectivity index (χ4n) is 1.76. The molecule has 0 saturated heterocycles. The molecule has 6 heteroatoms. The largest absolute Gasteiger partial charge is 0.497 e. The Bertz CT molecular complexity index is 578. The van der Waals surface area contributed by atoms with Crippen LogP contribution in [0.3, 0.4) is 0 Å². The second-order valence-corrected chi connectivity index (χ2v) is 4.57. The molecule has 0 saturated carbocycles. The summed E-state index contributed by atoms with van der Waals surface area (Å²) in [6.45, 7) is -0.198. The number of ether oxygens (including phenoxy) is 1. The Balaban J connectivity index is 2.19. The fraction of sp³-hybridized carbons (Fsp3) is 0.214. The smallest absolute Gasteiger partial charge is 0.166 e. The standard InChI is InChI=1S/C14H14ClFN2O2/c1-20-11-4-2-9(3-5-11)13(8-19)18-14-12(16)6-10(15)7-17-14/h2-7,13,19H,8H2,1H3,(H,17,18). The molecule has 20 heavy (non-hydrogen) atoms. The number of hydrogen-bond acceptors (Lipinski definition) is 4. The van der Waals surface area contributed by atoms with Gasteiger partial charge in [0.2, 0.25) is 0 Å². The number of methoxy groups -OCH3 is 1. The Labute approximate surface area is 121 Å². The number of anilines is 1. The van der Waals surface area contributed by atoms with Crippen LogP contribution >= 0.6 is 11.6 Å². The lowest BCUT2D eigenvalue weighted by atomic mass is 10.1. The molecule has 4 nitrogen and oxygen atoms in total. The van der Waals surface area contributed by atoms with Crippen LogP contribution in [0.15, 0.2) is 36.5 Å². The predicted octanol–water partition coefficient (Wildman–Crippen LogP) is 3.03. The molecule has 2 N–H and O–H groups in total. The molecule has 1 unspecified atom stereocenters. The highest BCUT2D eigenvalue weighted by Gasteiger charge is 2.14.